The largest absolute Gasteiger partial charge is 0.478 e. The van der Waals surface area contributed by atoms with E-state index in [9.17, 15) is 17.6 Å². The number of carbonyl (C=O) groups is 1. The zero-order valence-electron chi connectivity index (χ0n) is 10.6. The van der Waals surface area contributed by atoms with Crippen LogP contribution >= 0.6 is 0 Å². The molecule has 2 N–H and O–H groups in total. The molecule has 0 saturated heterocycles. The fourth-order valence-corrected chi connectivity index (χ4v) is 2.93. The number of nitrogens with one attached hydrogen (secondary N) is 1. The number of rotatable bonds is 6. The molecule has 0 aliphatic carbocycles. The summed E-state index contributed by atoms with van der Waals surface area (Å²) in [6.45, 7) is 1.68. The fourth-order valence-electron chi connectivity index (χ4n) is 1.50. The third kappa shape index (κ3) is 3.76. The summed E-state index contributed by atoms with van der Waals surface area (Å²) in [5, 5.41) is 17.4. The molecular weight excluding hydrogens is 287 g/mol. The zero-order valence-corrected chi connectivity index (χ0v) is 11.4. The Kier molecular flexibility index (Phi) is 5.19. The highest BCUT2D eigenvalue weighted by molar-refractivity contribution is 7.89. The number of carboxylic acids is 1. The third-order valence-electron chi connectivity index (χ3n) is 2.62. The molecule has 8 heteroatoms. The fraction of sp³-hybridized carbons (Fsp3) is 0.333. The summed E-state index contributed by atoms with van der Waals surface area (Å²) < 4.78 is 39.8. The van der Waals surface area contributed by atoms with Gasteiger partial charge in [-0.15, -0.1) is 0 Å². The van der Waals surface area contributed by atoms with Crippen molar-refractivity contribution in [3.05, 3.63) is 29.6 Å². The van der Waals surface area contributed by atoms with Crippen molar-refractivity contribution in [1.29, 1.82) is 5.26 Å². The van der Waals surface area contributed by atoms with E-state index in [1.165, 1.54) is 0 Å². The minimum absolute atomic E-state index is 0.0596. The molecule has 1 atom stereocenters. The van der Waals surface area contributed by atoms with Gasteiger partial charge in [0.2, 0.25) is 10.0 Å². The molecule has 0 heterocycles. The standard InChI is InChI=1S/C12H13FN2O4S/c1-2-9(5-6-14)15-20(18,19)11-7-8(12(16)17)3-4-10(11)13/h3-4,7,9,15H,2,5H2,1H3,(H,16,17). The minimum Gasteiger partial charge on any atom is -0.478 e. The van der Waals surface area contributed by atoms with E-state index in [-0.39, 0.29) is 12.0 Å². The maximum atomic E-state index is 13.6. The molecule has 20 heavy (non-hydrogen) atoms. The van der Waals surface area contributed by atoms with Gasteiger partial charge >= 0.3 is 5.97 Å². The Morgan fingerprint density at radius 3 is 2.70 bits per heavy atom. The summed E-state index contributed by atoms with van der Waals surface area (Å²) >= 11 is 0. The van der Waals surface area contributed by atoms with E-state index < -0.39 is 32.7 Å². The van der Waals surface area contributed by atoms with Crippen LogP contribution in [0.3, 0.4) is 0 Å². The number of nitrogens with zero attached hydrogens (tertiary/aromatic N) is 1. The van der Waals surface area contributed by atoms with Crippen molar-refractivity contribution in [2.24, 2.45) is 0 Å². The summed E-state index contributed by atoms with van der Waals surface area (Å²) in [4.78, 5) is 10.0. The molecule has 0 bridgehead atoms. The molecule has 0 aromatic heterocycles. The maximum Gasteiger partial charge on any atom is 0.335 e. The van der Waals surface area contributed by atoms with Gasteiger partial charge in [0.15, 0.2) is 0 Å². The topological polar surface area (TPSA) is 107 Å². The quantitative estimate of drug-likeness (QED) is 0.827. The van der Waals surface area contributed by atoms with Gasteiger partial charge in [0.25, 0.3) is 0 Å². The van der Waals surface area contributed by atoms with Gasteiger partial charge in [0.1, 0.15) is 10.7 Å². The van der Waals surface area contributed by atoms with Crippen molar-refractivity contribution in [3.8, 4) is 6.07 Å². The maximum absolute atomic E-state index is 13.6. The lowest BCUT2D eigenvalue weighted by Gasteiger charge is -2.14. The normalized spacial score (nSPS) is 12.7. The monoisotopic (exact) mass is 300 g/mol. The zero-order chi connectivity index (χ0) is 15.3. The van der Waals surface area contributed by atoms with E-state index in [1.807, 2.05) is 6.07 Å². The number of benzene rings is 1. The Balaban J connectivity index is 3.18. The molecular formula is C12H13FN2O4S. The van der Waals surface area contributed by atoms with Gasteiger partial charge in [-0.3, -0.25) is 0 Å². The number of sulfonamides is 1. The number of nitriles is 1. The lowest BCUT2D eigenvalue weighted by Crippen LogP contribution is -2.34. The van der Waals surface area contributed by atoms with E-state index in [2.05, 4.69) is 4.72 Å². The van der Waals surface area contributed by atoms with Crippen LogP contribution in [0, 0.1) is 17.1 Å². The predicted octanol–water partition coefficient (Wildman–Crippen LogP) is 1.49. The van der Waals surface area contributed by atoms with Gasteiger partial charge in [0, 0.05) is 6.04 Å². The van der Waals surface area contributed by atoms with E-state index in [4.69, 9.17) is 10.4 Å². The molecule has 1 unspecified atom stereocenters. The van der Waals surface area contributed by atoms with Crippen LogP contribution in [0.4, 0.5) is 4.39 Å². The Bertz CT molecular complexity index is 652. The second kappa shape index (κ2) is 6.45. The number of halogens is 1. The second-order valence-electron chi connectivity index (χ2n) is 4.04. The van der Waals surface area contributed by atoms with Crippen molar-refractivity contribution in [1.82, 2.24) is 4.72 Å². The first-order chi connectivity index (χ1) is 9.31. The summed E-state index contributed by atoms with van der Waals surface area (Å²) in [6, 6.07) is 3.67. The summed E-state index contributed by atoms with van der Waals surface area (Å²) in [5.41, 5.74) is -0.333. The van der Waals surface area contributed by atoms with Crippen LogP contribution < -0.4 is 4.72 Å². The van der Waals surface area contributed by atoms with E-state index in [0.717, 1.165) is 18.2 Å². The highest BCUT2D eigenvalue weighted by atomic mass is 32.2. The highest BCUT2D eigenvalue weighted by Gasteiger charge is 2.23. The van der Waals surface area contributed by atoms with Gasteiger partial charge in [0.05, 0.1) is 18.1 Å². The Morgan fingerprint density at radius 2 is 2.20 bits per heavy atom. The van der Waals surface area contributed by atoms with Crippen LogP contribution in [0.15, 0.2) is 23.1 Å². The van der Waals surface area contributed by atoms with E-state index in [1.54, 1.807) is 6.92 Å². The number of hydrogen-bond acceptors (Lipinski definition) is 4. The Labute approximate surface area is 115 Å². The summed E-state index contributed by atoms with van der Waals surface area (Å²) in [6.07, 6.45) is 0.295. The smallest absolute Gasteiger partial charge is 0.335 e. The molecule has 0 amide bonds. The molecule has 0 saturated carbocycles. The molecule has 0 spiro atoms. The first-order valence-corrected chi connectivity index (χ1v) is 7.22. The van der Waals surface area contributed by atoms with E-state index >= 15 is 0 Å². The van der Waals surface area contributed by atoms with Crippen LogP contribution in [0.2, 0.25) is 0 Å². The first kappa shape index (κ1) is 16.1. The molecule has 1 aromatic carbocycles. The van der Waals surface area contributed by atoms with Crippen LogP contribution in [-0.4, -0.2) is 25.5 Å². The van der Waals surface area contributed by atoms with Gasteiger partial charge in [-0.1, -0.05) is 6.92 Å². The summed E-state index contributed by atoms with van der Waals surface area (Å²) in [7, 11) is -4.22. The molecule has 0 aliphatic rings. The molecule has 0 aliphatic heterocycles. The van der Waals surface area contributed by atoms with Crippen molar-refractivity contribution >= 4 is 16.0 Å². The lowest BCUT2D eigenvalue weighted by atomic mass is 10.2. The SMILES string of the molecule is CCC(CC#N)NS(=O)(=O)c1cc(C(=O)O)ccc1F. The third-order valence-corrected chi connectivity index (χ3v) is 4.16. The highest BCUT2D eigenvalue weighted by Crippen LogP contribution is 2.17. The molecule has 108 valence electrons. The predicted molar refractivity (Wildman–Crippen MR) is 68.0 cm³/mol. The Morgan fingerprint density at radius 1 is 1.55 bits per heavy atom. The van der Waals surface area contributed by atoms with Crippen LogP contribution in [-0.2, 0) is 10.0 Å². The van der Waals surface area contributed by atoms with Crippen LogP contribution in [0.25, 0.3) is 0 Å². The van der Waals surface area contributed by atoms with Crippen LogP contribution in [0.5, 0.6) is 0 Å². The number of hydrogen-bond donors (Lipinski definition) is 2. The van der Waals surface area contributed by atoms with Crippen molar-refractivity contribution in [2.45, 2.75) is 30.7 Å². The van der Waals surface area contributed by atoms with Gasteiger partial charge in [-0.2, -0.15) is 5.26 Å². The average Bonchev–Trinajstić information content (AvgIpc) is 2.37. The molecule has 6 nitrogen and oxygen atoms in total. The molecule has 1 aromatic rings. The number of carboxylic acid groups (broad SMARTS) is 1. The van der Waals surface area contributed by atoms with Gasteiger partial charge < -0.3 is 5.11 Å². The summed E-state index contributed by atoms with van der Waals surface area (Å²) in [5.74, 6) is -2.40. The average molecular weight is 300 g/mol. The van der Waals surface area contributed by atoms with E-state index in [0.29, 0.717) is 6.42 Å². The van der Waals surface area contributed by atoms with Gasteiger partial charge in [-0.25, -0.2) is 22.3 Å². The first-order valence-electron chi connectivity index (χ1n) is 5.74. The van der Waals surface area contributed by atoms with Crippen molar-refractivity contribution in [2.75, 3.05) is 0 Å². The van der Waals surface area contributed by atoms with Crippen molar-refractivity contribution in [3.63, 3.8) is 0 Å². The molecule has 0 radical (unpaired) electrons. The molecule has 0 fully saturated rings. The minimum atomic E-state index is -4.22. The lowest BCUT2D eigenvalue weighted by molar-refractivity contribution is 0.0696. The van der Waals surface area contributed by atoms with Crippen molar-refractivity contribution < 1.29 is 22.7 Å². The number of aromatic carboxylic acids is 1. The Hall–Kier alpha value is -1.98. The van der Waals surface area contributed by atoms with Crippen LogP contribution in [0.1, 0.15) is 30.1 Å². The second-order valence-corrected chi connectivity index (χ2v) is 5.72. The van der Waals surface area contributed by atoms with Gasteiger partial charge in [-0.05, 0) is 24.6 Å². The molecule has 1 rings (SSSR count).